The molecule has 1 aromatic carbocycles. The van der Waals surface area contributed by atoms with E-state index in [0.29, 0.717) is 0 Å². The molecule has 0 amide bonds. The SMILES string of the molecule is COC(=N)c1ccc2nc(C)ccc2c1. The molecule has 0 saturated carbocycles. The first-order chi connectivity index (χ1) is 7.20. The van der Waals surface area contributed by atoms with Crippen LogP contribution in [0.15, 0.2) is 30.3 Å². The number of methoxy groups -OCH3 is 1. The summed E-state index contributed by atoms with van der Waals surface area (Å²) < 4.78 is 4.87. The Kier molecular flexibility index (Phi) is 2.37. The summed E-state index contributed by atoms with van der Waals surface area (Å²) in [4.78, 5) is 4.39. The maximum atomic E-state index is 7.55. The average Bonchev–Trinajstić information content (AvgIpc) is 2.27. The van der Waals surface area contributed by atoms with Crippen LogP contribution < -0.4 is 0 Å². The highest BCUT2D eigenvalue weighted by Crippen LogP contribution is 2.15. The molecule has 15 heavy (non-hydrogen) atoms. The van der Waals surface area contributed by atoms with Crippen LogP contribution in [0.4, 0.5) is 0 Å². The molecule has 0 aliphatic heterocycles. The summed E-state index contributed by atoms with van der Waals surface area (Å²) in [5, 5.41) is 8.58. The van der Waals surface area contributed by atoms with Crippen LogP contribution in [-0.2, 0) is 4.74 Å². The molecule has 3 heteroatoms. The van der Waals surface area contributed by atoms with Gasteiger partial charge in [0, 0.05) is 16.6 Å². The van der Waals surface area contributed by atoms with Crippen LogP contribution in [0.2, 0.25) is 0 Å². The highest BCUT2D eigenvalue weighted by molar-refractivity contribution is 5.95. The van der Waals surface area contributed by atoms with E-state index in [1.54, 1.807) is 0 Å². The van der Waals surface area contributed by atoms with Gasteiger partial charge in [0.25, 0.3) is 0 Å². The van der Waals surface area contributed by atoms with E-state index in [1.807, 2.05) is 37.3 Å². The summed E-state index contributed by atoms with van der Waals surface area (Å²) >= 11 is 0. The lowest BCUT2D eigenvalue weighted by molar-refractivity contribution is 0.401. The van der Waals surface area contributed by atoms with Crippen LogP contribution >= 0.6 is 0 Å². The summed E-state index contributed by atoms with van der Waals surface area (Å²) in [6, 6.07) is 9.63. The molecule has 1 N–H and O–H groups in total. The van der Waals surface area contributed by atoms with E-state index in [2.05, 4.69) is 4.98 Å². The number of benzene rings is 1. The van der Waals surface area contributed by atoms with Gasteiger partial charge in [0.15, 0.2) is 0 Å². The molecule has 0 saturated heterocycles. The van der Waals surface area contributed by atoms with Gasteiger partial charge in [0.05, 0.1) is 12.6 Å². The van der Waals surface area contributed by atoms with Crippen LogP contribution in [0.25, 0.3) is 10.9 Å². The van der Waals surface area contributed by atoms with E-state index in [4.69, 9.17) is 10.1 Å². The first-order valence-electron chi connectivity index (χ1n) is 4.71. The first-order valence-corrected chi connectivity index (χ1v) is 4.71. The Morgan fingerprint density at radius 3 is 2.80 bits per heavy atom. The number of hydrogen-bond acceptors (Lipinski definition) is 3. The largest absolute Gasteiger partial charge is 0.481 e. The molecule has 0 unspecified atom stereocenters. The Morgan fingerprint density at radius 2 is 2.07 bits per heavy atom. The van der Waals surface area contributed by atoms with Crippen molar-refractivity contribution in [2.24, 2.45) is 0 Å². The van der Waals surface area contributed by atoms with E-state index in [9.17, 15) is 0 Å². The van der Waals surface area contributed by atoms with Gasteiger partial charge in [0.2, 0.25) is 5.90 Å². The topological polar surface area (TPSA) is 46.0 Å². The van der Waals surface area contributed by atoms with Crippen LogP contribution in [0.1, 0.15) is 11.3 Å². The molecule has 76 valence electrons. The van der Waals surface area contributed by atoms with Gasteiger partial charge in [-0.3, -0.25) is 10.4 Å². The number of ether oxygens (including phenoxy) is 1. The fraction of sp³-hybridized carbons (Fsp3) is 0.167. The second-order valence-electron chi connectivity index (χ2n) is 3.39. The van der Waals surface area contributed by atoms with Crippen molar-refractivity contribution in [3.05, 3.63) is 41.6 Å². The van der Waals surface area contributed by atoms with E-state index < -0.39 is 0 Å². The van der Waals surface area contributed by atoms with Gasteiger partial charge >= 0.3 is 0 Å². The molecule has 0 spiro atoms. The van der Waals surface area contributed by atoms with Crippen molar-refractivity contribution in [1.82, 2.24) is 4.98 Å². The van der Waals surface area contributed by atoms with Gasteiger partial charge < -0.3 is 4.74 Å². The molecular weight excluding hydrogens is 188 g/mol. The minimum absolute atomic E-state index is 0.178. The molecule has 2 rings (SSSR count). The lowest BCUT2D eigenvalue weighted by Crippen LogP contribution is -2.00. The van der Waals surface area contributed by atoms with Gasteiger partial charge in [-0.15, -0.1) is 0 Å². The van der Waals surface area contributed by atoms with E-state index in [0.717, 1.165) is 22.2 Å². The number of hydrogen-bond donors (Lipinski definition) is 1. The van der Waals surface area contributed by atoms with Crippen molar-refractivity contribution in [2.75, 3.05) is 7.11 Å². The molecule has 0 aliphatic carbocycles. The van der Waals surface area contributed by atoms with Gasteiger partial charge in [0.1, 0.15) is 0 Å². The smallest absolute Gasteiger partial charge is 0.212 e. The quantitative estimate of drug-likeness (QED) is 0.568. The number of aryl methyl sites for hydroxylation is 1. The van der Waals surface area contributed by atoms with Crippen molar-refractivity contribution >= 4 is 16.8 Å². The number of pyridine rings is 1. The Bertz CT molecular complexity index is 520. The first kappa shape index (κ1) is 9.65. The lowest BCUT2D eigenvalue weighted by atomic mass is 10.1. The van der Waals surface area contributed by atoms with Crippen molar-refractivity contribution < 1.29 is 4.74 Å². The van der Waals surface area contributed by atoms with Gasteiger partial charge in [-0.2, -0.15) is 0 Å². The zero-order valence-electron chi connectivity index (χ0n) is 8.74. The molecular formula is C12H12N2O. The molecule has 0 atom stereocenters. The zero-order valence-corrected chi connectivity index (χ0v) is 8.74. The second-order valence-corrected chi connectivity index (χ2v) is 3.39. The van der Waals surface area contributed by atoms with E-state index >= 15 is 0 Å². The Balaban J connectivity index is 2.57. The minimum Gasteiger partial charge on any atom is -0.481 e. The van der Waals surface area contributed by atoms with E-state index in [1.165, 1.54) is 7.11 Å². The molecule has 1 aromatic heterocycles. The van der Waals surface area contributed by atoms with Crippen molar-refractivity contribution in [3.63, 3.8) is 0 Å². The molecule has 0 fully saturated rings. The summed E-state index contributed by atoms with van der Waals surface area (Å²) in [6.07, 6.45) is 0. The predicted octanol–water partition coefficient (Wildman–Crippen LogP) is 2.51. The van der Waals surface area contributed by atoms with Gasteiger partial charge in [-0.05, 0) is 31.2 Å². The van der Waals surface area contributed by atoms with Gasteiger partial charge in [-0.25, -0.2) is 0 Å². The lowest BCUT2D eigenvalue weighted by Gasteiger charge is -2.04. The van der Waals surface area contributed by atoms with Crippen LogP contribution in [0.5, 0.6) is 0 Å². The maximum absolute atomic E-state index is 7.55. The highest BCUT2D eigenvalue weighted by Gasteiger charge is 2.02. The molecule has 3 nitrogen and oxygen atoms in total. The van der Waals surface area contributed by atoms with Crippen molar-refractivity contribution in [3.8, 4) is 0 Å². The third-order valence-corrected chi connectivity index (χ3v) is 2.29. The number of fused-ring (bicyclic) bond motifs is 1. The zero-order chi connectivity index (χ0) is 10.8. The third-order valence-electron chi connectivity index (χ3n) is 2.29. The monoisotopic (exact) mass is 200 g/mol. The number of rotatable bonds is 1. The summed E-state index contributed by atoms with van der Waals surface area (Å²) in [5.74, 6) is 0.178. The predicted molar refractivity (Wildman–Crippen MR) is 60.3 cm³/mol. The maximum Gasteiger partial charge on any atom is 0.212 e. The van der Waals surface area contributed by atoms with Crippen LogP contribution in [-0.4, -0.2) is 18.0 Å². The normalized spacial score (nSPS) is 10.3. The second kappa shape index (κ2) is 3.69. The highest BCUT2D eigenvalue weighted by atomic mass is 16.5. The number of nitrogens with one attached hydrogen (secondary N) is 1. The Morgan fingerprint density at radius 1 is 1.27 bits per heavy atom. The number of nitrogens with zero attached hydrogens (tertiary/aromatic N) is 1. The molecule has 2 aromatic rings. The summed E-state index contributed by atoms with van der Waals surface area (Å²) in [6.45, 7) is 1.96. The summed E-state index contributed by atoms with van der Waals surface area (Å²) in [7, 11) is 1.50. The van der Waals surface area contributed by atoms with Gasteiger partial charge in [-0.1, -0.05) is 6.07 Å². The molecule has 1 heterocycles. The van der Waals surface area contributed by atoms with E-state index in [-0.39, 0.29) is 5.90 Å². The van der Waals surface area contributed by atoms with Crippen LogP contribution in [0.3, 0.4) is 0 Å². The fourth-order valence-electron chi connectivity index (χ4n) is 1.49. The average molecular weight is 200 g/mol. The fourth-order valence-corrected chi connectivity index (χ4v) is 1.49. The van der Waals surface area contributed by atoms with Crippen LogP contribution in [0, 0.1) is 12.3 Å². The Hall–Kier alpha value is -1.90. The van der Waals surface area contributed by atoms with Crippen molar-refractivity contribution in [1.29, 1.82) is 5.41 Å². The minimum atomic E-state index is 0.178. The third kappa shape index (κ3) is 1.81. The molecule has 0 radical (unpaired) electrons. The van der Waals surface area contributed by atoms with Crippen molar-refractivity contribution in [2.45, 2.75) is 6.92 Å². The number of aromatic nitrogens is 1. The molecule has 0 bridgehead atoms. The standard InChI is InChI=1S/C12H12N2O/c1-8-3-4-9-7-10(12(13)15-2)5-6-11(9)14-8/h3-7,13H,1-2H3. The summed E-state index contributed by atoms with van der Waals surface area (Å²) in [5.41, 5.74) is 2.72. The molecule has 0 aliphatic rings. The Labute approximate surface area is 88.2 Å².